The van der Waals surface area contributed by atoms with Crippen LogP contribution in [0.25, 0.3) is 6.08 Å². The fourth-order valence-electron chi connectivity index (χ4n) is 5.07. The first kappa shape index (κ1) is 35.8. The number of aliphatic imine (C=N–C) groups is 1. The fraction of sp³-hybridized carbons (Fsp3) is 0.462. The molecule has 45 heavy (non-hydrogen) atoms. The van der Waals surface area contributed by atoms with Crippen LogP contribution in [-0.2, 0) is 4.79 Å². The summed E-state index contributed by atoms with van der Waals surface area (Å²) < 4.78 is 11.3. The molecular formula is C39H50N2O3S. The molecule has 240 valence electrons. The molecule has 0 saturated heterocycles. The van der Waals surface area contributed by atoms with E-state index in [-0.39, 0.29) is 0 Å². The summed E-state index contributed by atoms with van der Waals surface area (Å²) in [6, 6.07) is 18.7. The summed E-state index contributed by atoms with van der Waals surface area (Å²) in [5.41, 5.74) is 2.31. The largest absolute Gasteiger partial charge is 0.494 e. The molecule has 0 aliphatic rings. The zero-order valence-electron chi connectivity index (χ0n) is 27.1. The van der Waals surface area contributed by atoms with Crippen LogP contribution in [0.15, 0.2) is 71.0 Å². The molecule has 0 atom stereocenters. The highest BCUT2D eigenvalue weighted by molar-refractivity contribution is 7.14. The Bertz CT molecular complexity index is 1320. The highest BCUT2D eigenvalue weighted by Crippen LogP contribution is 2.25. The summed E-state index contributed by atoms with van der Waals surface area (Å²) in [5.74, 6) is 0.855. The van der Waals surface area contributed by atoms with E-state index in [1.54, 1.807) is 30.5 Å². The summed E-state index contributed by atoms with van der Waals surface area (Å²) in [4.78, 5) is 16.6. The van der Waals surface area contributed by atoms with Gasteiger partial charge in [0.25, 0.3) is 0 Å². The van der Waals surface area contributed by atoms with Crippen LogP contribution in [0.4, 0.5) is 5.00 Å². The van der Waals surface area contributed by atoms with E-state index >= 15 is 0 Å². The minimum atomic E-state index is -0.447. The predicted octanol–water partition coefficient (Wildman–Crippen LogP) is 11.6. The third-order valence-corrected chi connectivity index (χ3v) is 8.57. The number of nitriles is 1. The topological polar surface area (TPSA) is 71.7 Å². The second-order valence-corrected chi connectivity index (χ2v) is 12.4. The van der Waals surface area contributed by atoms with Gasteiger partial charge in [-0.3, -0.25) is 0 Å². The average molecular weight is 627 g/mol. The summed E-state index contributed by atoms with van der Waals surface area (Å²) in [5, 5.41) is 11.6. The normalized spacial score (nSPS) is 11.3. The van der Waals surface area contributed by atoms with Gasteiger partial charge in [-0.1, -0.05) is 115 Å². The van der Waals surface area contributed by atoms with Crippen LogP contribution in [-0.4, -0.2) is 18.8 Å². The molecule has 0 bridgehead atoms. The second kappa shape index (κ2) is 22.8. The number of esters is 1. The van der Waals surface area contributed by atoms with Crippen molar-refractivity contribution in [3.8, 4) is 17.6 Å². The summed E-state index contributed by atoms with van der Waals surface area (Å²) in [6.07, 6.45) is 26.7. The minimum Gasteiger partial charge on any atom is -0.494 e. The van der Waals surface area contributed by atoms with Crippen LogP contribution in [0.2, 0.25) is 0 Å². The maximum absolute atomic E-state index is 12.3. The Hall–Kier alpha value is -3.69. The number of carbonyl (C=O) groups excluding carboxylic acids is 1. The molecule has 3 rings (SSSR count). The third-order valence-electron chi connectivity index (χ3n) is 7.75. The van der Waals surface area contributed by atoms with Gasteiger partial charge in [-0.2, -0.15) is 5.26 Å². The molecular weight excluding hydrogens is 577 g/mol. The Morgan fingerprint density at radius 1 is 0.733 bits per heavy atom. The first-order valence-electron chi connectivity index (χ1n) is 16.9. The van der Waals surface area contributed by atoms with E-state index in [0.717, 1.165) is 29.9 Å². The average Bonchev–Trinajstić information content (AvgIpc) is 3.53. The molecule has 0 amide bonds. The van der Waals surface area contributed by atoms with Crippen molar-refractivity contribution in [1.29, 1.82) is 5.26 Å². The predicted molar refractivity (Wildman–Crippen MR) is 189 cm³/mol. The smallest absolute Gasteiger partial charge is 0.336 e. The number of unbranched alkanes of at least 4 members (excludes halogenated alkanes) is 15. The Morgan fingerprint density at radius 3 is 1.84 bits per heavy atom. The van der Waals surface area contributed by atoms with Gasteiger partial charge < -0.3 is 9.47 Å². The highest BCUT2D eigenvalue weighted by atomic mass is 32.1. The fourth-order valence-corrected chi connectivity index (χ4v) is 5.76. The van der Waals surface area contributed by atoms with Gasteiger partial charge in [0, 0.05) is 12.3 Å². The number of hydrogen-bond donors (Lipinski definition) is 0. The van der Waals surface area contributed by atoms with Crippen molar-refractivity contribution in [3.05, 3.63) is 82.7 Å². The van der Waals surface area contributed by atoms with E-state index in [2.05, 4.69) is 18.0 Å². The molecule has 5 nitrogen and oxygen atoms in total. The Balaban J connectivity index is 1.20. The molecule has 1 heterocycles. The molecule has 0 spiro atoms. The van der Waals surface area contributed by atoms with Gasteiger partial charge in [0.2, 0.25) is 0 Å². The minimum absolute atomic E-state index is 0.447. The number of rotatable bonds is 23. The first-order valence-corrected chi connectivity index (χ1v) is 17.8. The van der Waals surface area contributed by atoms with E-state index in [9.17, 15) is 4.79 Å². The molecule has 6 heteroatoms. The molecule has 0 aliphatic heterocycles. The van der Waals surface area contributed by atoms with Crippen LogP contribution in [0, 0.1) is 11.3 Å². The molecule has 3 aromatic rings. The lowest BCUT2D eigenvalue weighted by atomic mass is 10.0. The lowest BCUT2D eigenvalue weighted by molar-refractivity contribution is -0.128. The molecule has 0 unspecified atom stereocenters. The second-order valence-electron chi connectivity index (χ2n) is 11.6. The van der Waals surface area contributed by atoms with Crippen LogP contribution in [0.1, 0.15) is 126 Å². The van der Waals surface area contributed by atoms with Crippen molar-refractivity contribution in [3.63, 3.8) is 0 Å². The molecule has 0 aliphatic carbocycles. The summed E-state index contributed by atoms with van der Waals surface area (Å²) in [7, 11) is 0. The van der Waals surface area contributed by atoms with Gasteiger partial charge in [-0.05, 0) is 71.5 Å². The Labute approximate surface area is 275 Å². The summed E-state index contributed by atoms with van der Waals surface area (Å²) >= 11 is 1.42. The standard InChI is InChI=1S/C39H50N2O3S/c1-2-3-4-5-6-7-8-9-10-11-12-13-14-15-16-17-29-43-36-23-18-33(19-24-36)22-27-38(42)44-37-25-20-34(21-26-37)32-41-39-35(31-40)28-30-45-39/h18-28,30,32H,2-17,29H2,1H3/b27-22+,41-32+. The summed E-state index contributed by atoms with van der Waals surface area (Å²) in [6.45, 7) is 3.02. The van der Waals surface area contributed by atoms with Crippen molar-refractivity contribution < 1.29 is 14.3 Å². The number of ether oxygens (including phenoxy) is 2. The van der Waals surface area contributed by atoms with E-state index < -0.39 is 5.97 Å². The number of hydrogen-bond acceptors (Lipinski definition) is 6. The van der Waals surface area contributed by atoms with Gasteiger partial charge in [0.05, 0.1) is 12.2 Å². The van der Waals surface area contributed by atoms with Gasteiger partial charge in [-0.15, -0.1) is 11.3 Å². The molecule has 1 aromatic heterocycles. The van der Waals surface area contributed by atoms with Gasteiger partial charge in [0.1, 0.15) is 22.6 Å². The lowest BCUT2D eigenvalue weighted by Gasteiger charge is -2.07. The van der Waals surface area contributed by atoms with Crippen LogP contribution >= 0.6 is 11.3 Å². The molecule has 0 N–H and O–H groups in total. The monoisotopic (exact) mass is 626 g/mol. The van der Waals surface area contributed by atoms with Crippen LogP contribution in [0.3, 0.4) is 0 Å². The number of nitrogens with zero attached hydrogens (tertiary/aromatic N) is 2. The van der Waals surface area contributed by atoms with Gasteiger partial charge in [0.15, 0.2) is 0 Å². The lowest BCUT2D eigenvalue weighted by Crippen LogP contribution is -2.03. The van der Waals surface area contributed by atoms with E-state index in [4.69, 9.17) is 14.7 Å². The van der Waals surface area contributed by atoms with E-state index in [0.29, 0.717) is 16.3 Å². The first-order chi connectivity index (χ1) is 22.2. The van der Waals surface area contributed by atoms with E-state index in [1.807, 2.05) is 41.8 Å². The van der Waals surface area contributed by atoms with Crippen molar-refractivity contribution >= 4 is 34.6 Å². The van der Waals surface area contributed by atoms with Crippen molar-refractivity contribution in [1.82, 2.24) is 0 Å². The molecule has 2 aromatic carbocycles. The zero-order chi connectivity index (χ0) is 31.8. The van der Waals surface area contributed by atoms with Gasteiger partial charge in [-0.25, -0.2) is 9.79 Å². The quantitative estimate of drug-likeness (QED) is 0.0345. The Kier molecular flexibility index (Phi) is 18.1. The van der Waals surface area contributed by atoms with E-state index in [1.165, 1.54) is 114 Å². The van der Waals surface area contributed by atoms with Crippen molar-refractivity contribution in [2.75, 3.05) is 6.61 Å². The maximum Gasteiger partial charge on any atom is 0.336 e. The molecule has 0 fully saturated rings. The highest BCUT2D eigenvalue weighted by Gasteiger charge is 2.03. The maximum atomic E-state index is 12.3. The number of carbonyl (C=O) groups is 1. The number of benzene rings is 2. The zero-order valence-corrected chi connectivity index (χ0v) is 27.9. The Morgan fingerprint density at radius 2 is 1.27 bits per heavy atom. The third kappa shape index (κ3) is 15.7. The van der Waals surface area contributed by atoms with Crippen molar-refractivity contribution in [2.24, 2.45) is 4.99 Å². The van der Waals surface area contributed by atoms with Crippen LogP contribution in [0.5, 0.6) is 11.5 Å². The van der Waals surface area contributed by atoms with Crippen LogP contribution < -0.4 is 9.47 Å². The SMILES string of the molecule is CCCCCCCCCCCCCCCCCCOc1ccc(/C=C/C(=O)Oc2ccc(/C=N/c3sccc3C#N)cc2)cc1. The number of thiophene rings is 1. The molecule has 0 radical (unpaired) electrons. The van der Waals surface area contributed by atoms with Crippen molar-refractivity contribution in [2.45, 2.75) is 110 Å². The molecule has 0 saturated carbocycles. The van der Waals surface area contributed by atoms with Gasteiger partial charge >= 0.3 is 5.97 Å².